The summed E-state index contributed by atoms with van der Waals surface area (Å²) in [5.41, 5.74) is 5.42. The van der Waals surface area contributed by atoms with Crippen LogP contribution in [0.25, 0.3) is 11.5 Å². The third kappa shape index (κ3) is 2.22. The second-order valence-electron chi connectivity index (χ2n) is 4.02. The summed E-state index contributed by atoms with van der Waals surface area (Å²) < 4.78 is 5.11. The zero-order chi connectivity index (χ0) is 13.2. The van der Waals surface area contributed by atoms with Crippen molar-refractivity contribution < 1.29 is 4.74 Å². The first-order chi connectivity index (χ1) is 9.31. The molecule has 0 spiro atoms. The largest absolute Gasteiger partial charge is 0.481 e. The molecule has 2 aromatic rings. The van der Waals surface area contributed by atoms with Crippen LogP contribution in [0, 0.1) is 0 Å². The molecule has 0 amide bonds. The van der Waals surface area contributed by atoms with Crippen molar-refractivity contribution in [3.05, 3.63) is 29.5 Å². The van der Waals surface area contributed by atoms with E-state index < -0.39 is 0 Å². The number of ether oxygens (including phenoxy) is 1. The Morgan fingerprint density at radius 3 is 2.95 bits per heavy atom. The van der Waals surface area contributed by atoms with E-state index in [0.29, 0.717) is 23.2 Å². The molecule has 19 heavy (non-hydrogen) atoms. The Labute approximate surface area is 114 Å². The molecule has 0 fully saturated rings. The van der Waals surface area contributed by atoms with Gasteiger partial charge in [0.1, 0.15) is 11.5 Å². The highest BCUT2D eigenvalue weighted by molar-refractivity contribution is 7.98. The molecule has 0 bridgehead atoms. The fourth-order valence-electron chi connectivity index (χ4n) is 1.94. The van der Waals surface area contributed by atoms with Crippen LogP contribution in [-0.2, 0) is 11.5 Å². The number of hydrogen-bond donors (Lipinski definition) is 2. The molecule has 0 saturated heterocycles. The molecule has 98 valence electrons. The van der Waals surface area contributed by atoms with Crippen molar-refractivity contribution in [3.8, 4) is 17.4 Å². The smallest absolute Gasteiger partial charge is 0.213 e. The van der Waals surface area contributed by atoms with Gasteiger partial charge in [-0.05, 0) is 6.07 Å². The van der Waals surface area contributed by atoms with E-state index in [9.17, 15) is 0 Å². The Hall–Kier alpha value is -1.86. The number of aromatic nitrogens is 3. The molecule has 0 aliphatic carbocycles. The number of hydrogen-bond acceptors (Lipinski definition) is 7. The zero-order valence-electron chi connectivity index (χ0n) is 10.4. The summed E-state index contributed by atoms with van der Waals surface area (Å²) >= 11 is 1.80. The third-order valence-electron chi connectivity index (χ3n) is 2.88. The average Bonchev–Trinajstić information content (AvgIpc) is 2.94. The second-order valence-corrected chi connectivity index (χ2v) is 5.01. The number of fused-ring (bicyclic) bond motifs is 1. The Kier molecular flexibility index (Phi) is 3.22. The number of pyridine rings is 1. The highest BCUT2D eigenvalue weighted by Gasteiger charge is 2.20. The van der Waals surface area contributed by atoms with Gasteiger partial charge in [-0.3, -0.25) is 0 Å². The molecule has 0 unspecified atom stereocenters. The van der Waals surface area contributed by atoms with Crippen LogP contribution in [0.4, 0.5) is 5.82 Å². The number of thioether (sulfide) groups is 1. The van der Waals surface area contributed by atoms with Gasteiger partial charge in [0.2, 0.25) is 5.88 Å². The first kappa shape index (κ1) is 12.2. The van der Waals surface area contributed by atoms with Crippen LogP contribution >= 0.6 is 11.8 Å². The van der Waals surface area contributed by atoms with E-state index in [2.05, 4.69) is 20.4 Å². The molecule has 3 rings (SSSR count). The van der Waals surface area contributed by atoms with Gasteiger partial charge in [0.25, 0.3) is 0 Å². The van der Waals surface area contributed by atoms with Crippen LogP contribution in [-0.4, -0.2) is 22.1 Å². The second kappa shape index (κ2) is 5.02. The Morgan fingerprint density at radius 2 is 2.16 bits per heavy atom. The fourth-order valence-corrected chi connectivity index (χ4v) is 2.98. The molecular formula is C12H13N5OS. The lowest BCUT2D eigenvalue weighted by Crippen LogP contribution is -2.13. The molecule has 6 nitrogen and oxygen atoms in total. The molecule has 0 saturated carbocycles. The van der Waals surface area contributed by atoms with Crippen molar-refractivity contribution in [1.82, 2.24) is 15.0 Å². The van der Waals surface area contributed by atoms with Gasteiger partial charge in [0.05, 0.1) is 12.8 Å². The first-order valence-corrected chi connectivity index (χ1v) is 6.93. The van der Waals surface area contributed by atoms with Crippen molar-refractivity contribution in [1.29, 1.82) is 0 Å². The fraction of sp³-hybridized carbons (Fsp3) is 0.250. The van der Waals surface area contributed by atoms with Crippen molar-refractivity contribution in [2.75, 3.05) is 12.5 Å². The van der Waals surface area contributed by atoms with E-state index in [-0.39, 0.29) is 0 Å². The number of nitrogens with two attached hydrogens (primary N) is 1. The summed E-state index contributed by atoms with van der Waals surface area (Å²) in [7, 11) is 1.58. The Bertz CT molecular complexity index is 619. The van der Waals surface area contributed by atoms with Gasteiger partial charge in [-0.15, -0.1) is 0 Å². The highest BCUT2D eigenvalue weighted by Crippen LogP contribution is 2.33. The van der Waals surface area contributed by atoms with Crippen LogP contribution in [0.5, 0.6) is 5.88 Å². The summed E-state index contributed by atoms with van der Waals surface area (Å²) in [5, 5.41) is 0. The summed E-state index contributed by atoms with van der Waals surface area (Å²) in [5.74, 6) is 9.08. The first-order valence-electron chi connectivity index (χ1n) is 5.77. The lowest BCUT2D eigenvalue weighted by molar-refractivity contribution is 0.398. The minimum Gasteiger partial charge on any atom is -0.481 e. The molecular weight excluding hydrogens is 262 g/mol. The minimum atomic E-state index is 0.540. The van der Waals surface area contributed by atoms with E-state index in [4.69, 9.17) is 10.6 Å². The highest BCUT2D eigenvalue weighted by atomic mass is 32.2. The van der Waals surface area contributed by atoms with Crippen molar-refractivity contribution in [2.45, 2.75) is 11.5 Å². The van der Waals surface area contributed by atoms with Crippen molar-refractivity contribution in [2.24, 2.45) is 5.84 Å². The van der Waals surface area contributed by atoms with Gasteiger partial charge in [0.15, 0.2) is 5.82 Å². The Morgan fingerprint density at radius 1 is 1.26 bits per heavy atom. The van der Waals surface area contributed by atoms with E-state index in [1.54, 1.807) is 24.9 Å². The molecule has 7 heteroatoms. The number of rotatable bonds is 3. The maximum Gasteiger partial charge on any atom is 0.213 e. The zero-order valence-corrected chi connectivity index (χ0v) is 11.2. The molecule has 1 aliphatic rings. The minimum absolute atomic E-state index is 0.540. The van der Waals surface area contributed by atoms with Gasteiger partial charge in [0, 0.05) is 23.1 Å². The number of methoxy groups -OCH3 is 1. The molecule has 0 radical (unpaired) electrons. The molecule has 3 N–H and O–H groups in total. The van der Waals surface area contributed by atoms with Gasteiger partial charge in [-0.1, -0.05) is 6.07 Å². The predicted molar refractivity (Wildman–Crippen MR) is 74.6 cm³/mol. The molecule has 1 aliphatic heterocycles. The average molecular weight is 275 g/mol. The van der Waals surface area contributed by atoms with E-state index in [1.165, 1.54) is 0 Å². The number of nitrogens with zero attached hydrogens (tertiary/aromatic N) is 3. The number of nitrogen functional groups attached to an aromatic ring is 1. The van der Waals surface area contributed by atoms with Gasteiger partial charge < -0.3 is 10.2 Å². The molecule has 3 heterocycles. The maximum absolute atomic E-state index is 5.53. The molecule has 0 aromatic carbocycles. The van der Waals surface area contributed by atoms with E-state index >= 15 is 0 Å². The van der Waals surface area contributed by atoms with Crippen LogP contribution in [0.15, 0.2) is 18.2 Å². The van der Waals surface area contributed by atoms with Crippen LogP contribution in [0.1, 0.15) is 11.3 Å². The number of hydrazine groups is 1. The predicted octanol–water partition coefficient (Wildman–Crippen LogP) is 1.58. The van der Waals surface area contributed by atoms with Crippen LogP contribution in [0.3, 0.4) is 0 Å². The third-order valence-corrected chi connectivity index (χ3v) is 3.85. The standard InChI is InChI=1S/C12H13N5OS/c1-18-10-4-2-3-8(14-10)12-15-9-6-19-5-7(9)11(16-12)17-13/h2-4H,5-6,13H2,1H3,(H,15,16,17). The molecule has 0 atom stereocenters. The SMILES string of the molecule is COc1cccc(-c2nc3c(c(NN)n2)CSC3)n1. The summed E-state index contributed by atoms with van der Waals surface area (Å²) in [6, 6.07) is 5.50. The summed E-state index contributed by atoms with van der Waals surface area (Å²) in [6.07, 6.45) is 0. The van der Waals surface area contributed by atoms with Gasteiger partial charge in [-0.2, -0.15) is 11.8 Å². The van der Waals surface area contributed by atoms with Gasteiger partial charge >= 0.3 is 0 Å². The quantitative estimate of drug-likeness (QED) is 0.649. The normalized spacial score (nSPS) is 13.2. The van der Waals surface area contributed by atoms with E-state index in [1.807, 2.05) is 12.1 Å². The lowest BCUT2D eigenvalue weighted by atomic mass is 10.2. The van der Waals surface area contributed by atoms with Crippen LogP contribution in [0.2, 0.25) is 0 Å². The van der Waals surface area contributed by atoms with Crippen LogP contribution < -0.4 is 16.0 Å². The van der Waals surface area contributed by atoms with Crippen molar-refractivity contribution >= 4 is 17.6 Å². The lowest BCUT2D eigenvalue weighted by Gasteiger charge is -2.08. The maximum atomic E-state index is 5.53. The number of anilines is 1. The topological polar surface area (TPSA) is 86.0 Å². The van der Waals surface area contributed by atoms with E-state index in [0.717, 1.165) is 22.8 Å². The molecule has 2 aromatic heterocycles. The Balaban J connectivity index is 2.10. The summed E-state index contributed by atoms with van der Waals surface area (Å²) in [6.45, 7) is 0. The number of nitrogens with one attached hydrogen (secondary N) is 1. The monoisotopic (exact) mass is 275 g/mol. The van der Waals surface area contributed by atoms with Crippen molar-refractivity contribution in [3.63, 3.8) is 0 Å². The summed E-state index contributed by atoms with van der Waals surface area (Å²) in [4.78, 5) is 13.3. The van der Waals surface area contributed by atoms with Gasteiger partial charge in [-0.25, -0.2) is 20.8 Å².